The summed E-state index contributed by atoms with van der Waals surface area (Å²) < 4.78 is 6.82. The number of hydrogen-bond donors (Lipinski definition) is 2. The third-order valence-electron chi connectivity index (χ3n) is 5.19. The summed E-state index contributed by atoms with van der Waals surface area (Å²) in [5, 5.41) is 14.1. The molecule has 0 bridgehead atoms. The molecule has 0 spiro atoms. The number of carbonyl (C=O) groups excluding carboxylic acids is 1. The van der Waals surface area contributed by atoms with E-state index >= 15 is 0 Å². The maximum atomic E-state index is 13.0. The Morgan fingerprint density at radius 3 is 2.68 bits per heavy atom. The zero-order valence-corrected chi connectivity index (χ0v) is 18.5. The topological polar surface area (TPSA) is 93.5 Å². The number of aromatic hydroxyl groups is 1. The summed E-state index contributed by atoms with van der Waals surface area (Å²) in [5.74, 6) is 0.580. The van der Waals surface area contributed by atoms with Crippen LogP contribution in [-0.2, 0) is 17.6 Å². The van der Waals surface area contributed by atoms with E-state index in [1.54, 1.807) is 23.7 Å². The van der Waals surface area contributed by atoms with Crippen LogP contribution in [0.4, 0.5) is 5.82 Å². The van der Waals surface area contributed by atoms with Gasteiger partial charge in [-0.2, -0.15) is 4.98 Å². The molecule has 1 aliphatic rings. The quantitative estimate of drug-likeness (QED) is 0.445. The van der Waals surface area contributed by atoms with Gasteiger partial charge in [-0.25, -0.2) is 0 Å². The first-order valence-electron chi connectivity index (χ1n) is 9.52. The van der Waals surface area contributed by atoms with Crippen molar-refractivity contribution in [1.29, 1.82) is 0 Å². The molecular formula is C22H20ClN3O4S. The smallest absolute Gasteiger partial charge is 0.279 e. The van der Waals surface area contributed by atoms with Crippen LogP contribution in [0.25, 0.3) is 0 Å². The molecule has 2 heterocycles. The lowest BCUT2D eigenvalue weighted by atomic mass is 9.86. The van der Waals surface area contributed by atoms with Crippen LogP contribution in [-0.4, -0.2) is 27.7 Å². The number of halogens is 1. The van der Waals surface area contributed by atoms with Gasteiger partial charge in [0.15, 0.2) is 16.7 Å². The number of hydrogen-bond acceptors (Lipinski definition) is 6. The van der Waals surface area contributed by atoms with Crippen LogP contribution in [0.15, 0.2) is 52.4 Å². The number of carbonyl (C=O) groups is 1. The Kier molecular flexibility index (Phi) is 5.93. The van der Waals surface area contributed by atoms with Gasteiger partial charge in [-0.3, -0.25) is 9.59 Å². The molecule has 1 aromatic heterocycles. The zero-order valence-electron chi connectivity index (χ0n) is 16.9. The van der Waals surface area contributed by atoms with Gasteiger partial charge in [-0.15, -0.1) is 0 Å². The predicted octanol–water partition coefficient (Wildman–Crippen LogP) is 3.91. The number of anilines is 1. The molecule has 0 saturated heterocycles. The van der Waals surface area contributed by atoms with Gasteiger partial charge in [0, 0.05) is 30.2 Å². The van der Waals surface area contributed by atoms with Gasteiger partial charge >= 0.3 is 0 Å². The number of amides is 1. The minimum Gasteiger partial charge on any atom is -0.504 e. The maximum Gasteiger partial charge on any atom is 0.279 e. The predicted molar refractivity (Wildman–Crippen MR) is 120 cm³/mol. The number of nitrogens with one attached hydrogen (secondary N) is 1. The van der Waals surface area contributed by atoms with Gasteiger partial charge in [0.25, 0.3) is 5.56 Å². The average Bonchev–Trinajstić information content (AvgIpc) is 2.75. The number of fused-ring (bicyclic) bond motifs is 1. The SMILES string of the molecule is COc1ccc(C2CC(=O)Nc3c2c(=O)nc(SCc2ccc(Cl)cc2)n3C)cc1O. The number of benzene rings is 2. The number of rotatable bonds is 5. The van der Waals surface area contributed by atoms with Crippen molar-refractivity contribution in [1.82, 2.24) is 9.55 Å². The molecule has 2 N–H and O–H groups in total. The number of aromatic nitrogens is 2. The van der Waals surface area contributed by atoms with Crippen molar-refractivity contribution in [2.75, 3.05) is 12.4 Å². The van der Waals surface area contributed by atoms with Crippen LogP contribution in [0.3, 0.4) is 0 Å². The minimum atomic E-state index is -0.512. The number of phenols is 1. The molecule has 0 fully saturated rings. The highest BCUT2D eigenvalue weighted by Crippen LogP contribution is 2.39. The molecule has 1 atom stereocenters. The van der Waals surface area contributed by atoms with Crippen LogP contribution >= 0.6 is 23.4 Å². The normalized spacial score (nSPS) is 15.3. The second-order valence-corrected chi connectivity index (χ2v) is 8.55. The summed E-state index contributed by atoms with van der Waals surface area (Å²) in [7, 11) is 3.23. The lowest BCUT2D eigenvalue weighted by Crippen LogP contribution is -2.33. The lowest BCUT2D eigenvalue weighted by Gasteiger charge is -2.27. The highest BCUT2D eigenvalue weighted by molar-refractivity contribution is 7.98. The molecule has 1 aliphatic heterocycles. The molecule has 4 rings (SSSR count). The highest BCUT2D eigenvalue weighted by Gasteiger charge is 2.32. The van der Waals surface area contributed by atoms with E-state index in [-0.39, 0.29) is 18.1 Å². The second-order valence-electron chi connectivity index (χ2n) is 7.17. The van der Waals surface area contributed by atoms with E-state index in [2.05, 4.69) is 10.3 Å². The molecule has 0 saturated carbocycles. The van der Waals surface area contributed by atoms with E-state index in [0.29, 0.717) is 38.6 Å². The van der Waals surface area contributed by atoms with Crippen molar-refractivity contribution in [2.45, 2.75) is 23.2 Å². The van der Waals surface area contributed by atoms with Crippen LogP contribution in [0.5, 0.6) is 11.5 Å². The molecular weight excluding hydrogens is 438 g/mol. The Morgan fingerprint density at radius 1 is 1.26 bits per heavy atom. The Morgan fingerprint density at radius 2 is 2.00 bits per heavy atom. The average molecular weight is 458 g/mol. The summed E-state index contributed by atoms with van der Waals surface area (Å²) >= 11 is 7.33. The van der Waals surface area contributed by atoms with Crippen molar-refractivity contribution < 1.29 is 14.6 Å². The largest absolute Gasteiger partial charge is 0.504 e. The number of ether oxygens (including phenoxy) is 1. The fourth-order valence-corrected chi connectivity index (χ4v) is 4.65. The van der Waals surface area contributed by atoms with Crippen LogP contribution in [0.2, 0.25) is 5.02 Å². The minimum absolute atomic E-state index is 0.0487. The molecule has 0 radical (unpaired) electrons. The van der Waals surface area contributed by atoms with E-state index in [4.69, 9.17) is 16.3 Å². The summed E-state index contributed by atoms with van der Waals surface area (Å²) in [6.07, 6.45) is 0.0902. The summed E-state index contributed by atoms with van der Waals surface area (Å²) in [5.41, 5.74) is 1.70. The van der Waals surface area contributed by atoms with Crippen LogP contribution < -0.4 is 15.6 Å². The molecule has 31 heavy (non-hydrogen) atoms. The Bertz CT molecular complexity index is 1210. The molecule has 0 aliphatic carbocycles. The monoisotopic (exact) mass is 457 g/mol. The van der Waals surface area contributed by atoms with E-state index in [9.17, 15) is 14.7 Å². The van der Waals surface area contributed by atoms with Crippen molar-refractivity contribution >= 4 is 35.1 Å². The second kappa shape index (κ2) is 8.64. The third kappa shape index (κ3) is 4.26. The van der Waals surface area contributed by atoms with E-state index in [1.807, 2.05) is 24.3 Å². The zero-order chi connectivity index (χ0) is 22.1. The van der Waals surface area contributed by atoms with Gasteiger partial charge in [0.1, 0.15) is 5.82 Å². The van der Waals surface area contributed by atoms with Gasteiger partial charge in [0.2, 0.25) is 5.91 Å². The number of phenolic OH excluding ortho intramolecular Hbond substituents is 1. The van der Waals surface area contributed by atoms with Crippen molar-refractivity contribution in [3.63, 3.8) is 0 Å². The maximum absolute atomic E-state index is 13.0. The van der Waals surface area contributed by atoms with E-state index in [0.717, 1.165) is 5.56 Å². The summed E-state index contributed by atoms with van der Waals surface area (Å²) in [4.78, 5) is 29.7. The van der Waals surface area contributed by atoms with E-state index < -0.39 is 11.5 Å². The molecule has 1 unspecified atom stereocenters. The van der Waals surface area contributed by atoms with E-state index in [1.165, 1.54) is 24.9 Å². The number of nitrogens with zero attached hydrogens (tertiary/aromatic N) is 2. The molecule has 9 heteroatoms. The first kappa shape index (κ1) is 21.3. The number of methoxy groups -OCH3 is 1. The first-order chi connectivity index (χ1) is 14.9. The van der Waals surface area contributed by atoms with Crippen molar-refractivity contribution in [3.05, 3.63) is 74.5 Å². The summed E-state index contributed by atoms with van der Waals surface area (Å²) in [6.45, 7) is 0. The highest BCUT2D eigenvalue weighted by atomic mass is 35.5. The first-order valence-corrected chi connectivity index (χ1v) is 10.9. The molecule has 3 aromatic rings. The van der Waals surface area contributed by atoms with Crippen molar-refractivity contribution in [3.8, 4) is 11.5 Å². The Labute approximate surface area is 188 Å². The number of thioether (sulfide) groups is 1. The Hall–Kier alpha value is -2.97. The van der Waals surface area contributed by atoms with Crippen LogP contribution in [0.1, 0.15) is 29.0 Å². The fraction of sp³-hybridized carbons (Fsp3) is 0.227. The molecule has 160 valence electrons. The van der Waals surface area contributed by atoms with Crippen LogP contribution in [0, 0.1) is 0 Å². The molecule has 1 amide bonds. The third-order valence-corrected chi connectivity index (χ3v) is 6.54. The molecule has 7 nitrogen and oxygen atoms in total. The standard InChI is InChI=1S/C22H20ClN3O4S/c1-26-20-19(21(29)25-22(26)31-11-12-3-6-14(23)7-4-12)15(10-18(28)24-20)13-5-8-17(30-2)16(27)9-13/h3-9,15,27H,10-11H2,1-2H3,(H,24,28). The van der Waals surface area contributed by atoms with Gasteiger partial charge in [0.05, 0.1) is 12.7 Å². The fourth-order valence-electron chi connectivity index (χ4n) is 3.60. The Balaban J connectivity index is 1.70. The van der Waals surface area contributed by atoms with Crippen molar-refractivity contribution in [2.24, 2.45) is 7.05 Å². The molecule has 2 aromatic carbocycles. The summed E-state index contributed by atoms with van der Waals surface area (Å²) in [6, 6.07) is 12.3. The lowest BCUT2D eigenvalue weighted by molar-refractivity contribution is -0.116. The van der Waals surface area contributed by atoms with Gasteiger partial charge < -0.3 is 19.7 Å². The van der Waals surface area contributed by atoms with Gasteiger partial charge in [-0.1, -0.05) is 41.6 Å². The van der Waals surface area contributed by atoms with Gasteiger partial charge in [-0.05, 0) is 35.4 Å².